The average molecular weight is 427 g/mol. The summed E-state index contributed by atoms with van der Waals surface area (Å²) in [6, 6.07) is 27.4. The molecule has 0 fully saturated rings. The molecule has 1 aliphatic heterocycles. The van der Waals surface area contributed by atoms with Gasteiger partial charge in [0.15, 0.2) is 0 Å². The Morgan fingerprint density at radius 2 is 1.31 bits per heavy atom. The summed E-state index contributed by atoms with van der Waals surface area (Å²) in [5, 5.41) is 0. The first kappa shape index (κ1) is 21.9. The third-order valence-corrected chi connectivity index (χ3v) is 6.05. The maximum atomic E-state index is 6.04. The minimum absolute atomic E-state index is 0.0858. The summed E-state index contributed by atoms with van der Waals surface area (Å²) in [4.78, 5) is 0. The van der Waals surface area contributed by atoms with Crippen molar-refractivity contribution in [1.82, 2.24) is 0 Å². The second kappa shape index (κ2) is 9.46. The highest BCUT2D eigenvalue weighted by molar-refractivity contribution is 5.85. The van der Waals surface area contributed by atoms with Crippen LogP contribution in [0.15, 0.2) is 91.0 Å². The molecule has 0 radical (unpaired) electrons. The Morgan fingerprint density at radius 1 is 0.719 bits per heavy atom. The number of hydrogen-bond acceptors (Lipinski definition) is 2. The quantitative estimate of drug-likeness (QED) is 0.390. The van der Waals surface area contributed by atoms with E-state index in [0.717, 1.165) is 17.1 Å². The smallest absolute Gasteiger partial charge is 0.144 e. The van der Waals surface area contributed by atoms with Crippen LogP contribution in [0.3, 0.4) is 0 Å². The van der Waals surface area contributed by atoms with E-state index in [9.17, 15) is 0 Å². The molecule has 0 amide bonds. The summed E-state index contributed by atoms with van der Waals surface area (Å²) in [5.41, 5.74) is 5.94. The first-order valence-electron chi connectivity index (χ1n) is 11.3. The van der Waals surface area contributed by atoms with Gasteiger partial charge in [-0.05, 0) is 55.3 Å². The summed E-state index contributed by atoms with van der Waals surface area (Å²) in [5.74, 6) is 1.85. The third kappa shape index (κ3) is 4.21. The van der Waals surface area contributed by atoms with E-state index in [4.69, 9.17) is 9.47 Å². The molecular weight excluding hydrogens is 394 g/mol. The first-order chi connectivity index (χ1) is 15.6. The molecule has 0 bridgehead atoms. The van der Waals surface area contributed by atoms with Crippen molar-refractivity contribution in [2.45, 2.75) is 19.9 Å². The van der Waals surface area contributed by atoms with Crippen LogP contribution in [0.25, 0.3) is 11.3 Å². The molecule has 1 atom stereocenters. The van der Waals surface area contributed by atoms with Gasteiger partial charge in [0.25, 0.3) is 0 Å². The van der Waals surface area contributed by atoms with Gasteiger partial charge >= 0.3 is 0 Å². The summed E-state index contributed by atoms with van der Waals surface area (Å²) < 4.78 is 12.7. The van der Waals surface area contributed by atoms with Gasteiger partial charge in [0, 0.05) is 6.08 Å². The molecule has 0 aliphatic carbocycles. The van der Waals surface area contributed by atoms with E-state index in [-0.39, 0.29) is 6.04 Å². The standard InChI is InChI=1S/C29H32NO2/c1-5-31-28-18-12-10-16-24(28)26-20-23(22-14-8-7-9-15-22)21-27(30(26,3)4)25-17-11-13-19-29(25)32-6-2/h7-21,26H,5-6H2,1-4H3/q+1. The predicted molar refractivity (Wildman–Crippen MR) is 132 cm³/mol. The van der Waals surface area contributed by atoms with Crippen LogP contribution in [0.4, 0.5) is 0 Å². The van der Waals surface area contributed by atoms with E-state index in [1.165, 1.54) is 22.4 Å². The predicted octanol–water partition coefficient (Wildman–Crippen LogP) is 6.74. The van der Waals surface area contributed by atoms with E-state index in [1.54, 1.807) is 0 Å². The highest BCUT2D eigenvalue weighted by Gasteiger charge is 2.39. The van der Waals surface area contributed by atoms with Gasteiger partial charge in [0.05, 0.1) is 38.4 Å². The molecule has 3 aromatic carbocycles. The normalized spacial score (nSPS) is 17.3. The molecule has 164 valence electrons. The molecule has 0 spiro atoms. The van der Waals surface area contributed by atoms with Gasteiger partial charge in [-0.3, -0.25) is 4.48 Å². The van der Waals surface area contributed by atoms with Crippen molar-refractivity contribution in [3.8, 4) is 11.5 Å². The monoisotopic (exact) mass is 426 g/mol. The van der Waals surface area contributed by atoms with Crippen molar-refractivity contribution in [3.05, 3.63) is 108 Å². The lowest BCUT2D eigenvalue weighted by atomic mass is 9.89. The zero-order chi connectivity index (χ0) is 22.6. The molecule has 0 saturated heterocycles. The number of ether oxygens (including phenoxy) is 2. The van der Waals surface area contributed by atoms with Gasteiger partial charge in [0.1, 0.15) is 23.2 Å². The molecule has 1 heterocycles. The Bertz CT molecular complexity index is 1130. The summed E-state index contributed by atoms with van der Waals surface area (Å²) in [6.45, 7) is 5.34. The topological polar surface area (TPSA) is 18.5 Å². The molecule has 3 aromatic rings. The van der Waals surface area contributed by atoms with Crippen molar-refractivity contribution in [2.75, 3.05) is 27.3 Å². The number of rotatable bonds is 7. The molecule has 0 N–H and O–H groups in total. The van der Waals surface area contributed by atoms with E-state index >= 15 is 0 Å². The minimum Gasteiger partial charge on any atom is -0.493 e. The Morgan fingerprint density at radius 3 is 2.03 bits per heavy atom. The fraction of sp³-hybridized carbons (Fsp3) is 0.241. The van der Waals surface area contributed by atoms with Crippen LogP contribution in [-0.4, -0.2) is 31.8 Å². The van der Waals surface area contributed by atoms with E-state index < -0.39 is 0 Å². The number of nitrogens with zero attached hydrogens (tertiary/aromatic N) is 1. The van der Waals surface area contributed by atoms with Gasteiger partial charge in [-0.25, -0.2) is 0 Å². The number of quaternary nitrogens is 1. The second-order valence-corrected chi connectivity index (χ2v) is 8.40. The largest absolute Gasteiger partial charge is 0.493 e. The van der Waals surface area contributed by atoms with E-state index in [0.29, 0.717) is 17.7 Å². The lowest BCUT2D eigenvalue weighted by Gasteiger charge is -2.41. The Labute approximate surface area is 191 Å². The van der Waals surface area contributed by atoms with Crippen LogP contribution < -0.4 is 9.47 Å². The zero-order valence-electron chi connectivity index (χ0n) is 19.4. The number of likely N-dealkylation sites (N-methyl/N-ethyl adjacent to an activating group) is 1. The molecule has 3 heteroatoms. The molecule has 0 saturated carbocycles. The maximum absolute atomic E-state index is 6.04. The molecule has 1 unspecified atom stereocenters. The molecule has 32 heavy (non-hydrogen) atoms. The van der Waals surface area contributed by atoms with E-state index in [2.05, 4.69) is 93.0 Å². The van der Waals surface area contributed by atoms with Gasteiger partial charge in [0.2, 0.25) is 0 Å². The van der Waals surface area contributed by atoms with Crippen molar-refractivity contribution in [1.29, 1.82) is 0 Å². The van der Waals surface area contributed by atoms with Crippen molar-refractivity contribution >= 4 is 11.3 Å². The number of allylic oxidation sites excluding steroid dienone is 2. The second-order valence-electron chi connectivity index (χ2n) is 8.40. The zero-order valence-corrected chi connectivity index (χ0v) is 19.4. The van der Waals surface area contributed by atoms with Crippen LogP contribution >= 0.6 is 0 Å². The minimum atomic E-state index is 0.0858. The summed E-state index contributed by atoms with van der Waals surface area (Å²) >= 11 is 0. The summed E-state index contributed by atoms with van der Waals surface area (Å²) in [7, 11) is 4.53. The van der Waals surface area contributed by atoms with Crippen molar-refractivity contribution < 1.29 is 14.0 Å². The fourth-order valence-electron chi connectivity index (χ4n) is 4.48. The summed E-state index contributed by atoms with van der Waals surface area (Å²) in [6.07, 6.45) is 4.69. The Hall–Kier alpha value is -3.30. The van der Waals surface area contributed by atoms with Gasteiger partial charge in [-0.2, -0.15) is 0 Å². The Balaban J connectivity index is 1.93. The molecule has 0 aromatic heterocycles. The van der Waals surface area contributed by atoms with Crippen LogP contribution in [-0.2, 0) is 0 Å². The van der Waals surface area contributed by atoms with Gasteiger partial charge in [-0.15, -0.1) is 0 Å². The van der Waals surface area contributed by atoms with Crippen molar-refractivity contribution in [3.63, 3.8) is 0 Å². The third-order valence-electron chi connectivity index (χ3n) is 6.05. The number of benzene rings is 3. The number of para-hydroxylation sites is 2. The fourth-order valence-corrected chi connectivity index (χ4v) is 4.48. The first-order valence-corrected chi connectivity index (χ1v) is 11.3. The van der Waals surface area contributed by atoms with Crippen LogP contribution in [0, 0.1) is 0 Å². The van der Waals surface area contributed by atoms with Crippen LogP contribution in [0.5, 0.6) is 11.5 Å². The van der Waals surface area contributed by atoms with Gasteiger partial charge < -0.3 is 9.47 Å². The lowest BCUT2D eigenvalue weighted by Crippen LogP contribution is -2.42. The lowest BCUT2D eigenvalue weighted by molar-refractivity contribution is -0.844. The highest BCUT2D eigenvalue weighted by atomic mass is 16.5. The molecule has 4 rings (SSSR count). The molecule has 1 aliphatic rings. The van der Waals surface area contributed by atoms with Crippen LogP contribution in [0.1, 0.15) is 36.6 Å². The highest BCUT2D eigenvalue weighted by Crippen LogP contribution is 2.46. The van der Waals surface area contributed by atoms with Gasteiger partial charge in [-0.1, -0.05) is 54.6 Å². The van der Waals surface area contributed by atoms with Crippen molar-refractivity contribution in [2.24, 2.45) is 0 Å². The molecule has 3 nitrogen and oxygen atoms in total. The van der Waals surface area contributed by atoms with Crippen LogP contribution in [0.2, 0.25) is 0 Å². The number of hydrogen-bond donors (Lipinski definition) is 0. The Kier molecular flexibility index (Phi) is 6.48. The SMILES string of the molecule is CCOc1ccccc1C1=CC(c2ccccc2)=CC(c2ccccc2OCC)[N+]1(C)C. The van der Waals surface area contributed by atoms with E-state index in [1.807, 2.05) is 26.0 Å². The maximum Gasteiger partial charge on any atom is 0.144 e. The molecular formula is C29H32NO2+. The average Bonchev–Trinajstić information content (AvgIpc) is 2.81.